The molecule has 0 radical (unpaired) electrons. The van der Waals surface area contributed by atoms with Gasteiger partial charge in [-0.15, -0.1) is 0 Å². The Hall–Kier alpha value is -0.920. The van der Waals surface area contributed by atoms with Gasteiger partial charge in [0.15, 0.2) is 0 Å². The molecular formula is C20H27IO5P+. The van der Waals surface area contributed by atoms with E-state index in [2.05, 4.69) is 36.4 Å². The monoisotopic (exact) mass is 505 g/mol. The van der Waals surface area contributed by atoms with Gasteiger partial charge in [-0.25, -0.2) is 0 Å². The average molecular weight is 505 g/mol. The van der Waals surface area contributed by atoms with E-state index >= 15 is 0 Å². The Morgan fingerprint density at radius 1 is 1.04 bits per heavy atom. The lowest BCUT2D eigenvalue weighted by Gasteiger charge is -2.20. The highest BCUT2D eigenvalue weighted by Gasteiger charge is 2.32. The molecule has 2 aromatic rings. The second kappa shape index (κ2) is 8.62. The van der Waals surface area contributed by atoms with Crippen LogP contribution in [0.4, 0.5) is 0 Å². The zero-order chi connectivity index (χ0) is 20.5. The van der Waals surface area contributed by atoms with Crippen molar-refractivity contribution >= 4 is 30.5 Å². The Morgan fingerprint density at radius 3 is 2.22 bits per heavy atom. The molecule has 0 bridgehead atoms. The summed E-state index contributed by atoms with van der Waals surface area (Å²) in [6.45, 7) is 10.1. The van der Waals surface area contributed by atoms with Gasteiger partial charge in [0.2, 0.25) is 0 Å². The number of hydrogen-bond donors (Lipinski definition) is 4. The smallest absolute Gasteiger partial charge is 0.444 e. The molecule has 2 aromatic carbocycles. The minimum atomic E-state index is -3.99. The van der Waals surface area contributed by atoms with E-state index in [4.69, 9.17) is 4.74 Å². The Labute approximate surface area is 174 Å². The first-order chi connectivity index (χ1) is 12.4. The van der Waals surface area contributed by atoms with Crippen molar-refractivity contribution in [2.24, 2.45) is 0 Å². The zero-order valence-electron chi connectivity index (χ0n) is 16.2. The van der Waals surface area contributed by atoms with E-state index in [0.29, 0.717) is 11.5 Å². The highest BCUT2D eigenvalue weighted by molar-refractivity contribution is 14.1. The van der Waals surface area contributed by atoms with Crippen molar-refractivity contribution in [2.45, 2.75) is 47.0 Å². The summed E-state index contributed by atoms with van der Waals surface area (Å²) in [5.74, 6) is 1.13. The molecular weight excluding hydrogens is 478 g/mol. The van der Waals surface area contributed by atoms with Crippen LogP contribution < -0.4 is 4.74 Å². The van der Waals surface area contributed by atoms with E-state index in [1.54, 1.807) is 6.07 Å². The third-order valence-electron chi connectivity index (χ3n) is 4.81. The van der Waals surface area contributed by atoms with Crippen molar-refractivity contribution in [2.75, 3.05) is 6.35 Å². The fraction of sp³-hybridized carbons (Fsp3) is 0.400. The van der Waals surface area contributed by atoms with Gasteiger partial charge in [-0.05, 0) is 95.1 Å². The molecule has 0 saturated heterocycles. The van der Waals surface area contributed by atoms with Crippen LogP contribution in [0.3, 0.4) is 0 Å². The lowest BCUT2D eigenvalue weighted by atomic mass is 9.90. The SMILES string of the molecule is Cc1c(C)c(OC[P+](O)(O)O)c(I)c(C)c1Cc1ccc(O)c(C(C)C)c1. The normalized spacial score (nSPS) is 11.9. The maximum absolute atomic E-state index is 10.1. The molecule has 0 aromatic heterocycles. The Kier molecular flexibility index (Phi) is 7.14. The Morgan fingerprint density at radius 2 is 1.67 bits per heavy atom. The van der Waals surface area contributed by atoms with E-state index in [0.717, 1.165) is 37.8 Å². The molecule has 0 aliphatic rings. The lowest BCUT2D eigenvalue weighted by molar-refractivity contribution is 0.267. The van der Waals surface area contributed by atoms with Crippen LogP contribution in [0.1, 0.15) is 53.1 Å². The van der Waals surface area contributed by atoms with Crippen molar-refractivity contribution in [3.63, 3.8) is 0 Å². The standard InChI is InChI=1S/C20H26IO5P/c1-11(2)16-8-15(6-7-18(16)22)9-17-12(3)13(4)20(19(21)14(17)5)26-10-27(23,24)25/h6-8,11,23-25H,9-10H2,1-5H3/p+1. The van der Waals surface area contributed by atoms with Crippen molar-refractivity contribution < 1.29 is 24.5 Å². The van der Waals surface area contributed by atoms with Crippen LogP contribution in [-0.2, 0) is 6.42 Å². The average Bonchev–Trinajstić information content (AvgIpc) is 2.57. The molecule has 5 nitrogen and oxygen atoms in total. The molecule has 7 heteroatoms. The number of halogens is 1. The first-order valence-corrected chi connectivity index (χ1v) is 11.6. The molecule has 2 rings (SSSR count). The molecule has 0 heterocycles. The van der Waals surface area contributed by atoms with Crippen LogP contribution in [0.5, 0.6) is 11.5 Å². The molecule has 4 N–H and O–H groups in total. The van der Waals surface area contributed by atoms with Gasteiger partial charge in [-0.2, -0.15) is 14.7 Å². The maximum Gasteiger partial charge on any atom is 0.444 e. The van der Waals surface area contributed by atoms with Crippen molar-refractivity contribution in [3.8, 4) is 11.5 Å². The summed E-state index contributed by atoms with van der Waals surface area (Å²) in [7, 11) is -3.99. The largest absolute Gasteiger partial charge is 0.508 e. The summed E-state index contributed by atoms with van der Waals surface area (Å²) < 4.78 is 6.41. The summed E-state index contributed by atoms with van der Waals surface area (Å²) in [5, 5.41) is 10.1. The number of aromatic hydroxyl groups is 1. The fourth-order valence-electron chi connectivity index (χ4n) is 3.11. The maximum atomic E-state index is 10.1. The van der Waals surface area contributed by atoms with E-state index < -0.39 is 14.3 Å². The summed E-state index contributed by atoms with van der Waals surface area (Å²) in [6, 6.07) is 5.74. The quantitative estimate of drug-likeness (QED) is 0.337. The number of phenols is 1. The van der Waals surface area contributed by atoms with Crippen molar-refractivity contribution in [3.05, 3.63) is 55.1 Å². The van der Waals surface area contributed by atoms with Gasteiger partial charge in [0.1, 0.15) is 11.5 Å². The van der Waals surface area contributed by atoms with Crippen LogP contribution in [0, 0.1) is 24.3 Å². The molecule has 148 valence electrons. The number of rotatable bonds is 6. The minimum absolute atomic E-state index is 0.240. The third kappa shape index (κ3) is 5.33. The second-order valence-corrected chi connectivity index (χ2v) is 9.91. The Bertz CT molecular complexity index is 814. The van der Waals surface area contributed by atoms with E-state index in [1.807, 2.05) is 32.9 Å². The number of ether oxygens (including phenoxy) is 1. The molecule has 0 amide bonds. The lowest BCUT2D eigenvalue weighted by Crippen LogP contribution is -2.09. The minimum Gasteiger partial charge on any atom is -0.508 e. The summed E-state index contributed by atoms with van der Waals surface area (Å²) in [6.07, 6.45) is 0.212. The molecule has 0 fully saturated rings. The third-order valence-corrected chi connectivity index (χ3v) is 6.59. The topological polar surface area (TPSA) is 90.2 Å². The van der Waals surface area contributed by atoms with Gasteiger partial charge in [0.25, 0.3) is 6.35 Å². The van der Waals surface area contributed by atoms with Gasteiger partial charge in [-0.3, -0.25) is 0 Å². The van der Waals surface area contributed by atoms with Crippen LogP contribution >= 0.6 is 30.5 Å². The predicted octanol–water partition coefficient (Wildman–Crippen LogP) is 4.71. The second-order valence-electron chi connectivity index (χ2n) is 7.19. The number of phenolic OH excluding ortho intramolecular Hbond substituents is 1. The van der Waals surface area contributed by atoms with Gasteiger partial charge >= 0.3 is 7.94 Å². The molecule has 0 atom stereocenters. The summed E-state index contributed by atoms with van der Waals surface area (Å²) >= 11 is 2.19. The van der Waals surface area contributed by atoms with Crippen molar-refractivity contribution in [1.29, 1.82) is 0 Å². The summed E-state index contributed by atoms with van der Waals surface area (Å²) in [5.41, 5.74) is 6.28. The fourth-order valence-corrected chi connectivity index (χ4v) is 4.30. The molecule has 0 aliphatic heterocycles. The highest BCUT2D eigenvalue weighted by atomic mass is 127. The molecule has 27 heavy (non-hydrogen) atoms. The van der Waals surface area contributed by atoms with Crippen molar-refractivity contribution in [1.82, 2.24) is 0 Å². The van der Waals surface area contributed by atoms with Crippen LogP contribution in [0.2, 0.25) is 0 Å². The molecule has 0 aliphatic carbocycles. The van der Waals surface area contributed by atoms with E-state index in [9.17, 15) is 19.8 Å². The van der Waals surface area contributed by atoms with Crippen LogP contribution in [0.25, 0.3) is 0 Å². The predicted molar refractivity (Wildman–Crippen MR) is 117 cm³/mol. The first kappa shape index (κ1) is 22.4. The summed E-state index contributed by atoms with van der Waals surface area (Å²) in [4.78, 5) is 27.6. The molecule has 0 unspecified atom stereocenters. The van der Waals surface area contributed by atoms with E-state index in [1.165, 1.54) is 5.56 Å². The van der Waals surface area contributed by atoms with Gasteiger partial charge in [0.05, 0.1) is 3.57 Å². The highest BCUT2D eigenvalue weighted by Crippen LogP contribution is 2.45. The number of hydrogen-bond acceptors (Lipinski definition) is 5. The number of benzene rings is 2. The first-order valence-electron chi connectivity index (χ1n) is 8.71. The molecule has 0 saturated carbocycles. The Balaban J connectivity index is 2.43. The van der Waals surface area contributed by atoms with E-state index in [-0.39, 0.29) is 5.92 Å². The molecule has 0 spiro atoms. The van der Waals surface area contributed by atoms with Gasteiger partial charge in [0, 0.05) is 0 Å². The van der Waals surface area contributed by atoms with Gasteiger partial charge < -0.3 is 9.84 Å². The van der Waals surface area contributed by atoms with Crippen LogP contribution in [0.15, 0.2) is 18.2 Å². The van der Waals surface area contributed by atoms with Gasteiger partial charge in [-0.1, -0.05) is 26.0 Å². The van der Waals surface area contributed by atoms with Crippen LogP contribution in [-0.4, -0.2) is 26.1 Å². The zero-order valence-corrected chi connectivity index (χ0v) is 19.3.